The van der Waals surface area contributed by atoms with Crippen molar-refractivity contribution in [3.8, 4) is 56.8 Å². The lowest BCUT2D eigenvalue weighted by molar-refractivity contribution is 0.289. The number of methoxy groups -OCH3 is 2. The Morgan fingerprint density at radius 3 is 1.94 bits per heavy atom. The fourth-order valence-corrected chi connectivity index (χ4v) is 3.80. The van der Waals surface area contributed by atoms with E-state index in [0.717, 1.165) is 16.7 Å². The number of phenolic OH excluding ortho intramolecular Hbond substituents is 3. The summed E-state index contributed by atoms with van der Waals surface area (Å²) in [6, 6.07) is 21.0. The Morgan fingerprint density at radius 1 is 0.676 bits per heavy atom. The summed E-state index contributed by atoms with van der Waals surface area (Å²) in [6.45, 7) is 2.34. The molecule has 0 atom stereocenters. The van der Waals surface area contributed by atoms with Gasteiger partial charge in [-0.05, 0) is 53.9 Å². The molecule has 6 nitrogen and oxygen atoms in total. The van der Waals surface area contributed by atoms with Crippen LogP contribution in [0.3, 0.4) is 0 Å². The van der Waals surface area contributed by atoms with Crippen molar-refractivity contribution < 1.29 is 29.5 Å². The second kappa shape index (κ2) is 9.67. The van der Waals surface area contributed by atoms with Gasteiger partial charge in [0.15, 0.2) is 23.0 Å². The highest BCUT2D eigenvalue weighted by atomic mass is 16.5. The second-order valence-electron chi connectivity index (χ2n) is 7.89. The third kappa shape index (κ3) is 4.57. The van der Waals surface area contributed by atoms with Crippen LogP contribution in [0.1, 0.15) is 11.1 Å². The van der Waals surface area contributed by atoms with Crippen LogP contribution in [0.15, 0.2) is 72.8 Å². The van der Waals surface area contributed by atoms with Crippen LogP contribution in [-0.4, -0.2) is 29.5 Å². The zero-order valence-electron chi connectivity index (χ0n) is 19.2. The molecule has 0 aliphatic carbocycles. The topological polar surface area (TPSA) is 88.4 Å². The van der Waals surface area contributed by atoms with E-state index in [1.165, 1.54) is 20.3 Å². The molecule has 174 valence electrons. The molecule has 0 spiro atoms. The molecular formula is C28H26O6. The monoisotopic (exact) mass is 458 g/mol. The van der Waals surface area contributed by atoms with Crippen LogP contribution < -0.4 is 14.2 Å². The predicted octanol–water partition coefficient (Wildman–Crippen LogP) is 6.04. The van der Waals surface area contributed by atoms with Gasteiger partial charge in [-0.25, -0.2) is 0 Å². The molecule has 3 N–H and O–H groups in total. The summed E-state index contributed by atoms with van der Waals surface area (Å²) in [5, 5.41) is 31.1. The quantitative estimate of drug-likeness (QED) is 0.313. The lowest BCUT2D eigenvalue weighted by atomic mass is 9.96. The number of benzene rings is 4. The van der Waals surface area contributed by atoms with Gasteiger partial charge in [0, 0.05) is 5.56 Å². The number of hydrogen-bond acceptors (Lipinski definition) is 6. The number of ether oxygens (including phenoxy) is 3. The second-order valence-corrected chi connectivity index (χ2v) is 7.89. The van der Waals surface area contributed by atoms with Crippen LogP contribution in [0, 0.1) is 6.92 Å². The minimum atomic E-state index is -0.0624. The third-order valence-corrected chi connectivity index (χ3v) is 5.56. The minimum absolute atomic E-state index is 0.0477. The first-order valence-electron chi connectivity index (χ1n) is 10.7. The van der Waals surface area contributed by atoms with E-state index < -0.39 is 0 Å². The van der Waals surface area contributed by atoms with Crippen molar-refractivity contribution in [2.24, 2.45) is 0 Å². The predicted molar refractivity (Wildman–Crippen MR) is 131 cm³/mol. The molecule has 4 aromatic carbocycles. The molecule has 0 bridgehead atoms. The summed E-state index contributed by atoms with van der Waals surface area (Å²) in [6.07, 6.45) is 0. The molecule has 0 radical (unpaired) electrons. The van der Waals surface area contributed by atoms with Crippen LogP contribution in [0.4, 0.5) is 0 Å². The Kier molecular flexibility index (Phi) is 6.50. The van der Waals surface area contributed by atoms with Gasteiger partial charge in [0.1, 0.15) is 18.1 Å². The maximum absolute atomic E-state index is 10.9. The van der Waals surface area contributed by atoms with Gasteiger partial charge >= 0.3 is 0 Å². The number of hydrogen-bond donors (Lipinski definition) is 3. The lowest BCUT2D eigenvalue weighted by Gasteiger charge is -2.19. The number of rotatable bonds is 7. The SMILES string of the molecule is COc1c(-c2ccc(O)cc2)cc(O)c(-c2ccc(OCc3ccc(C)cc3)c(O)c2)c1OC. The summed E-state index contributed by atoms with van der Waals surface area (Å²) < 4.78 is 17.0. The van der Waals surface area contributed by atoms with Crippen molar-refractivity contribution in [1.29, 1.82) is 0 Å². The van der Waals surface area contributed by atoms with E-state index in [0.29, 0.717) is 40.5 Å². The average molecular weight is 459 g/mol. The number of phenols is 3. The zero-order chi connectivity index (χ0) is 24.2. The van der Waals surface area contributed by atoms with E-state index in [4.69, 9.17) is 14.2 Å². The fourth-order valence-electron chi connectivity index (χ4n) is 3.80. The van der Waals surface area contributed by atoms with Crippen LogP contribution in [0.5, 0.6) is 34.5 Å². The average Bonchev–Trinajstić information content (AvgIpc) is 2.84. The summed E-state index contributed by atoms with van der Waals surface area (Å²) >= 11 is 0. The Bertz CT molecular complexity index is 1290. The van der Waals surface area contributed by atoms with Crippen LogP contribution in [0.25, 0.3) is 22.3 Å². The molecule has 4 rings (SSSR count). The van der Waals surface area contributed by atoms with Crippen molar-refractivity contribution in [3.05, 3.63) is 83.9 Å². The van der Waals surface area contributed by atoms with Crippen LogP contribution in [0.2, 0.25) is 0 Å². The van der Waals surface area contributed by atoms with E-state index in [1.54, 1.807) is 42.5 Å². The Hall–Kier alpha value is -4.32. The van der Waals surface area contributed by atoms with E-state index in [2.05, 4.69) is 0 Å². The normalized spacial score (nSPS) is 10.7. The molecule has 0 aliphatic rings. The van der Waals surface area contributed by atoms with Gasteiger partial charge in [-0.15, -0.1) is 0 Å². The standard InChI is InChI=1S/C28H26O6/c1-17-4-6-18(7-5-17)16-34-25-13-10-20(14-23(25)30)26-24(31)15-22(27(32-2)28(26)33-3)19-8-11-21(29)12-9-19/h4-15,29-31H,16H2,1-3H3. The largest absolute Gasteiger partial charge is 0.508 e. The maximum atomic E-state index is 10.9. The smallest absolute Gasteiger partial charge is 0.172 e. The van der Waals surface area contributed by atoms with Crippen LogP contribution >= 0.6 is 0 Å². The van der Waals surface area contributed by atoms with Gasteiger partial charge in [-0.2, -0.15) is 0 Å². The van der Waals surface area contributed by atoms with Gasteiger partial charge in [-0.1, -0.05) is 48.0 Å². The Balaban J connectivity index is 1.70. The van der Waals surface area contributed by atoms with Crippen molar-refractivity contribution in [2.75, 3.05) is 14.2 Å². The molecule has 6 heteroatoms. The first-order valence-corrected chi connectivity index (χ1v) is 10.7. The highest BCUT2D eigenvalue weighted by molar-refractivity contribution is 5.88. The molecule has 0 aliphatic heterocycles. The van der Waals surface area contributed by atoms with E-state index >= 15 is 0 Å². The van der Waals surface area contributed by atoms with Gasteiger partial charge in [0.2, 0.25) is 0 Å². The first kappa shape index (κ1) is 22.9. The lowest BCUT2D eigenvalue weighted by Crippen LogP contribution is -1.98. The molecule has 4 aromatic rings. The third-order valence-electron chi connectivity index (χ3n) is 5.56. The first-order chi connectivity index (χ1) is 16.4. The molecule has 0 heterocycles. The zero-order valence-corrected chi connectivity index (χ0v) is 19.2. The Morgan fingerprint density at radius 2 is 1.32 bits per heavy atom. The summed E-state index contributed by atoms with van der Waals surface area (Å²) in [5.41, 5.74) is 4.40. The van der Waals surface area contributed by atoms with Gasteiger partial charge in [0.25, 0.3) is 0 Å². The summed E-state index contributed by atoms with van der Waals surface area (Å²) in [4.78, 5) is 0. The van der Waals surface area contributed by atoms with E-state index in [-0.39, 0.29) is 17.2 Å². The molecule has 0 saturated carbocycles. The molecule has 0 unspecified atom stereocenters. The highest BCUT2D eigenvalue weighted by Gasteiger charge is 2.23. The maximum Gasteiger partial charge on any atom is 0.172 e. The highest BCUT2D eigenvalue weighted by Crippen LogP contribution is 2.50. The molecule has 0 saturated heterocycles. The van der Waals surface area contributed by atoms with Crippen molar-refractivity contribution >= 4 is 0 Å². The van der Waals surface area contributed by atoms with Crippen molar-refractivity contribution in [3.63, 3.8) is 0 Å². The molecular weight excluding hydrogens is 432 g/mol. The van der Waals surface area contributed by atoms with E-state index in [9.17, 15) is 15.3 Å². The Labute approximate surface area is 198 Å². The van der Waals surface area contributed by atoms with Gasteiger partial charge < -0.3 is 29.5 Å². The van der Waals surface area contributed by atoms with Crippen LogP contribution in [-0.2, 0) is 6.61 Å². The fraction of sp³-hybridized carbons (Fsp3) is 0.143. The van der Waals surface area contributed by atoms with Gasteiger partial charge in [-0.3, -0.25) is 0 Å². The molecule has 0 aromatic heterocycles. The molecule has 34 heavy (non-hydrogen) atoms. The van der Waals surface area contributed by atoms with Crippen molar-refractivity contribution in [2.45, 2.75) is 13.5 Å². The number of aryl methyl sites for hydroxylation is 1. The van der Waals surface area contributed by atoms with E-state index in [1.807, 2.05) is 31.2 Å². The van der Waals surface area contributed by atoms with Crippen molar-refractivity contribution in [1.82, 2.24) is 0 Å². The summed E-state index contributed by atoms with van der Waals surface area (Å²) in [7, 11) is 3.00. The molecule has 0 amide bonds. The summed E-state index contributed by atoms with van der Waals surface area (Å²) in [5.74, 6) is 1.09. The minimum Gasteiger partial charge on any atom is -0.508 e. The van der Waals surface area contributed by atoms with Gasteiger partial charge in [0.05, 0.1) is 19.8 Å². The molecule has 0 fully saturated rings. The number of aromatic hydroxyl groups is 3.